The fourth-order valence-corrected chi connectivity index (χ4v) is 4.85. The van der Waals surface area contributed by atoms with E-state index in [-0.39, 0.29) is 43.6 Å². The number of nitrogens with two attached hydrogens (primary N) is 3. The molecule has 5 amide bonds. The molecule has 238 valence electrons. The molecule has 0 unspecified atom stereocenters. The average Bonchev–Trinajstić information content (AvgIpc) is 3.44. The van der Waals surface area contributed by atoms with Gasteiger partial charge in [0.05, 0.1) is 6.54 Å². The smallest absolute Gasteiger partial charge is 0.327 e. The summed E-state index contributed by atoms with van der Waals surface area (Å²) in [6.45, 7) is 1.72. The van der Waals surface area contributed by atoms with Crippen molar-refractivity contribution < 1.29 is 33.9 Å². The maximum absolute atomic E-state index is 13.2. The quantitative estimate of drug-likeness (QED) is 0.0313. The van der Waals surface area contributed by atoms with Crippen molar-refractivity contribution in [2.75, 3.05) is 37.4 Å². The second-order valence-electron chi connectivity index (χ2n) is 9.61. The molecule has 16 nitrogen and oxygen atoms in total. The largest absolute Gasteiger partial charge is 0.480 e. The van der Waals surface area contributed by atoms with Gasteiger partial charge in [0, 0.05) is 18.8 Å². The van der Waals surface area contributed by atoms with Crippen LogP contribution >= 0.6 is 24.4 Å². The molecule has 1 rings (SSSR count). The molecule has 1 fully saturated rings. The summed E-state index contributed by atoms with van der Waals surface area (Å²) in [4.78, 5) is 80.6. The van der Waals surface area contributed by atoms with Crippen molar-refractivity contribution in [1.82, 2.24) is 26.2 Å². The van der Waals surface area contributed by atoms with Crippen LogP contribution in [0.15, 0.2) is 4.99 Å². The van der Waals surface area contributed by atoms with Crippen molar-refractivity contribution in [2.45, 2.75) is 69.2 Å². The number of rotatable bonds is 18. The first-order valence-corrected chi connectivity index (χ1v) is 15.5. The van der Waals surface area contributed by atoms with Gasteiger partial charge in [-0.25, -0.2) is 4.79 Å². The third-order valence-corrected chi connectivity index (χ3v) is 7.43. The number of carboxylic acid groups (broad SMARTS) is 1. The van der Waals surface area contributed by atoms with Crippen LogP contribution in [0.1, 0.15) is 39.0 Å². The fourth-order valence-electron chi connectivity index (χ4n) is 4.13. The van der Waals surface area contributed by atoms with Gasteiger partial charge >= 0.3 is 5.97 Å². The number of carboxylic acids is 1. The van der Waals surface area contributed by atoms with Crippen LogP contribution < -0.4 is 38.5 Å². The third kappa shape index (κ3) is 12.3. The van der Waals surface area contributed by atoms with Crippen LogP contribution in [0.25, 0.3) is 0 Å². The molecule has 0 bridgehead atoms. The Morgan fingerprint density at radius 1 is 1.00 bits per heavy atom. The van der Waals surface area contributed by atoms with Gasteiger partial charge < -0.3 is 48.5 Å². The standard InChI is InChI=1S/C24H43N9O7S2/c1-13(19(35)30-15(7-10-42-2)21(37)32-16(12-41)23(39)40)29-20(36)14(5-3-8-28-24(26)27)31-22(38)17-6-4-9-33(17)18(34)11-25/h13-17,41H,3-12,25H2,1-2H3,(H,29,36)(H,30,35)(H,31,38)(H,32,37)(H,39,40)(H4,26,27,28)/t13-,14-,15-,16-,17-/m0/s1. The molecule has 42 heavy (non-hydrogen) atoms. The van der Waals surface area contributed by atoms with Crippen LogP contribution in [0.3, 0.4) is 0 Å². The molecule has 0 aromatic rings. The molecule has 1 heterocycles. The molecular weight excluding hydrogens is 590 g/mol. The normalized spacial score (nSPS) is 17.2. The van der Waals surface area contributed by atoms with E-state index in [1.165, 1.54) is 23.6 Å². The lowest BCUT2D eigenvalue weighted by molar-refractivity contribution is -0.141. The van der Waals surface area contributed by atoms with Crippen molar-refractivity contribution in [1.29, 1.82) is 0 Å². The van der Waals surface area contributed by atoms with Gasteiger partial charge in [-0.1, -0.05) is 0 Å². The Hall–Kier alpha value is -3.25. The van der Waals surface area contributed by atoms with Crippen LogP contribution in [0, 0.1) is 0 Å². The highest BCUT2D eigenvalue weighted by atomic mass is 32.2. The fraction of sp³-hybridized carbons (Fsp3) is 0.708. The molecule has 0 spiro atoms. The van der Waals surface area contributed by atoms with E-state index in [0.29, 0.717) is 31.6 Å². The van der Waals surface area contributed by atoms with Crippen molar-refractivity contribution in [2.24, 2.45) is 22.2 Å². The first-order valence-electron chi connectivity index (χ1n) is 13.4. The summed E-state index contributed by atoms with van der Waals surface area (Å²) in [5.74, 6) is -4.02. The highest BCUT2D eigenvalue weighted by Crippen LogP contribution is 2.18. The molecule has 1 aliphatic rings. The predicted molar refractivity (Wildman–Crippen MR) is 162 cm³/mol. The summed E-state index contributed by atoms with van der Waals surface area (Å²) in [5, 5.41) is 19.3. The monoisotopic (exact) mass is 633 g/mol. The summed E-state index contributed by atoms with van der Waals surface area (Å²) in [5.41, 5.74) is 16.2. The van der Waals surface area contributed by atoms with Gasteiger partial charge in [0.15, 0.2) is 5.96 Å². The minimum absolute atomic E-state index is 0.124. The van der Waals surface area contributed by atoms with Crippen LogP contribution in [-0.4, -0.2) is 119 Å². The Morgan fingerprint density at radius 3 is 2.19 bits per heavy atom. The summed E-state index contributed by atoms with van der Waals surface area (Å²) >= 11 is 5.36. The number of amides is 5. The Morgan fingerprint density at radius 2 is 1.62 bits per heavy atom. The Balaban J connectivity index is 2.96. The minimum atomic E-state index is -1.27. The maximum Gasteiger partial charge on any atom is 0.327 e. The second kappa shape index (κ2) is 19.0. The Kier molecular flexibility index (Phi) is 16.7. The van der Waals surface area contributed by atoms with Crippen molar-refractivity contribution in [3.8, 4) is 0 Å². The number of guanidine groups is 1. The van der Waals surface area contributed by atoms with Gasteiger partial charge in [-0.15, -0.1) is 0 Å². The minimum Gasteiger partial charge on any atom is -0.480 e. The van der Waals surface area contributed by atoms with Gasteiger partial charge in [0.25, 0.3) is 0 Å². The van der Waals surface area contributed by atoms with E-state index >= 15 is 0 Å². The molecule has 0 aromatic carbocycles. The SMILES string of the molecule is CSCC[C@H](NC(=O)[C@H](C)NC(=O)[C@H](CCCN=C(N)N)NC(=O)[C@@H]1CCCN1C(=O)CN)C(=O)N[C@@H](CS)C(=O)O. The van der Waals surface area contributed by atoms with E-state index < -0.39 is 59.8 Å². The van der Waals surface area contributed by atoms with Crippen molar-refractivity contribution in [3.05, 3.63) is 0 Å². The number of hydrogen-bond donors (Lipinski definition) is 9. The number of carbonyl (C=O) groups is 6. The number of thioether (sulfide) groups is 1. The summed E-state index contributed by atoms with van der Waals surface area (Å²) in [7, 11) is 0. The zero-order valence-electron chi connectivity index (χ0n) is 23.8. The number of likely N-dealkylation sites (tertiary alicyclic amines) is 1. The topological polar surface area (TPSA) is 264 Å². The molecule has 5 atom stereocenters. The lowest BCUT2D eigenvalue weighted by Gasteiger charge is -2.27. The molecule has 18 heteroatoms. The average molecular weight is 634 g/mol. The van der Waals surface area contributed by atoms with Gasteiger partial charge in [-0.2, -0.15) is 24.4 Å². The van der Waals surface area contributed by atoms with E-state index in [1.807, 2.05) is 6.26 Å². The number of carbonyl (C=O) groups excluding carboxylic acids is 5. The van der Waals surface area contributed by atoms with E-state index in [1.54, 1.807) is 0 Å². The predicted octanol–water partition coefficient (Wildman–Crippen LogP) is -3.28. The molecule has 11 N–H and O–H groups in total. The highest BCUT2D eigenvalue weighted by Gasteiger charge is 2.36. The van der Waals surface area contributed by atoms with Crippen LogP contribution in [0.2, 0.25) is 0 Å². The number of nitrogens with zero attached hydrogens (tertiary/aromatic N) is 2. The van der Waals surface area contributed by atoms with Crippen LogP contribution in [0.5, 0.6) is 0 Å². The van der Waals surface area contributed by atoms with E-state index in [9.17, 15) is 33.9 Å². The van der Waals surface area contributed by atoms with Crippen molar-refractivity contribution >= 4 is 65.9 Å². The zero-order valence-corrected chi connectivity index (χ0v) is 25.5. The highest BCUT2D eigenvalue weighted by molar-refractivity contribution is 7.98. The van der Waals surface area contributed by atoms with Gasteiger partial charge in [0.1, 0.15) is 30.2 Å². The number of aliphatic imine (C=N–C) groups is 1. The van der Waals surface area contributed by atoms with Gasteiger partial charge in [-0.3, -0.25) is 29.0 Å². The number of hydrogen-bond acceptors (Lipinski definition) is 10. The molecule has 0 saturated carbocycles. The summed E-state index contributed by atoms with van der Waals surface area (Å²) in [6, 6.07) is -5.29. The van der Waals surface area contributed by atoms with Crippen LogP contribution in [0.4, 0.5) is 0 Å². The van der Waals surface area contributed by atoms with Crippen molar-refractivity contribution in [3.63, 3.8) is 0 Å². The van der Waals surface area contributed by atoms with E-state index in [2.05, 4.69) is 38.9 Å². The molecule has 0 aliphatic carbocycles. The molecule has 0 aromatic heterocycles. The Bertz CT molecular complexity index is 997. The number of nitrogens with one attached hydrogen (secondary N) is 4. The molecule has 1 aliphatic heterocycles. The van der Waals surface area contributed by atoms with E-state index in [4.69, 9.17) is 17.2 Å². The first kappa shape index (κ1) is 36.8. The van der Waals surface area contributed by atoms with E-state index in [0.717, 1.165) is 0 Å². The molecule has 1 saturated heterocycles. The molecule has 0 radical (unpaired) electrons. The summed E-state index contributed by atoms with van der Waals surface area (Å²) < 4.78 is 0. The zero-order chi connectivity index (χ0) is 31.8. The first-order chi connectivity index (χ1) is 19.9. The lowest BCUT2D eigenvalue weighted by Crippen LogP contribution is -2.58. The second-order valence-corrected chi connectivity index (χ2v) is 11.0. The Labute approximate surface area is 254 Å². The maximum atomic E-state index is 13.2. The number of thiol groups is 1. The number of aliphatic carboxylic acids is 1. The summed E-state index contributed by atoms with van der Waals surface area (Å²) in [6.07, 6.45) is 3.48. The third-order valence-electron chi connectivity index (χ3n) is 6.42. The van der Waals surface area contributed by atoms with Crippen LogP contribution in [-0.2, 0) is 28.8 Å². The van der Waals surface area contributed by atoms with Gasteiger partial charge in [0.2, 0.25) is 29.5 Å². The lowest BCUT2D eigenvalue weighted by atomic mass is 10.1. The molecular formula is C24H43N9O7S2. The van der Waals surface area contributed by atoms with Gasteiger partial charge in [-0.05, 0) is 51.0 Å².